The molecule has 0 radical (unpaired) electrons. The third-order valence-corrected chi connectivity index (χ3v) is 6.31. The fraction of sp³-hybridized carbons (Fsp3) is 0.167. The molecule has 1 amide bonds. The van der Waals surface area contributed by atoms with Crippen molar-refractivity contribution in [3.8, 4) is 0 Å². The van der Waals surface area contributed by atoms with E-state index in [0.29, 0.717) is 6.42 Å². The molecule has 3 aromatic carbocycles. The molecule has 3 rings (SSSR count). The zero-order valence-electron chi connectivity index (χ0n) is 17.5. The summed E-state index contributed by atoms with van der Waals surface area (Å²) in [6.45, 7) is 1.85. The highest BCUT2D eigenvalue weighted by molar-refractivity contribution is 7.92. The topological polar surface area (TPSA) is 113 Å². The van der Waals surface area contributed by atoms with Crippen LogP contribution in [0.15, 0.2) is 83.8 Å². The number of hydrogen-bond donors (Lipinski definition) is 3. The van der Waals surface area contributed by atoms with Crippen molar-refractivity contribution in [1.29, 1.82) is 0 Å². The largest absolute Gasteiger partial charge is 0.481 e. The number of nitrogens with one attached hydrogen (secondary N) is 2. The van der Waals surface area contributed by atoms with Crippen molar-refractivity contribution in [3.63, 3.8) is 0 Å². The standard InChI is InChI=1S/C24H24N2O5S/c1-17(19-7-3-2-4-8-19)25-24(29)21-9-5-6-10-22(21)26-32(30,31)20-14-11-18(12-15-20)13-16-23(27)28/h2-12,14-15,17,26H,13,16H2,1H3,(H,25,29)(H,27,28)/t17-/m1/s1. The number of aliphatic carboxylic acids is 1. The van der Waals surface area contributed by atoms with Crippen LogP contribution in [0.3, 0.4) is 0 Å². The first kappa shape index (κ1) is 23.0. The van der Waals surface area contributed by atoms with Gasteiger partial charge >= 0.3 is 5.97 Å². The van der Waals surface area contributed by atoms with Crippen molar-refractivity contribution in [2.45, 2.75) is 30.7 Å². The summed E-state index contributed by atoms with van der Waals surface area (Å²) in [4.78, 5) is 23.6. The molecule has 8 heteroatoms. The van der Waals surface area contributed by atoms with Crippen LogP contribution in [0.1, 0.15) is 40.9 Å². The molecule has 0 aliphatic rings. The average molecular weight is 453 g/mol. The van der Waals surface area contributed by atoms with E-state index in [1.54, 1.807) is 30.3 Å². The SMILES string of the molecule is C[C@@H](NC(=O)c1ccccc1NS(=O)(=O)c1ccc(CCC(=O)O)cc1)c1ccccc1. The molecule has 0 unspecified atom stereocenters. The van der Waals surface area contributed by atoms with Crippen molar-refractivity contribution in [3.05, 3.63) is 95.6 Å². The number of amides is 1. The number of carboxylic acid groups (broad SMARTS) is 1. The summed E-state index contributed by atoms with van der Waals surface area (Å²) in [5.41, 5.74) is 2.03. The lowest BCUT2D eigenvalue weighted by atomic mass is 10.1. The minimum Gasteiger partial charge on any atom is -0.481 e. The minimum absolute atomic E-state index is 0.0180. The van der Waals surface area contributed by atoms with Crippen LogP contribution in [0.2, 0.25) is 0 Å². The molecule has 166 valence electrons. The molecule has 0 aliphatic carbocycles. The minimum atomic E-state index is -3.94. The van der Waals surface area contributed by atoms with Crippen LogP contribution in [0, 0.1) is 0 Å². The molecule has 0 bridgehead atoms. The van der Waals surface area contributed by atoms with E-state index >= 15 is 0 Å². The first-order valence-corrected chi connectivity index (χ1v) is 11.5. The quantitative estimate of drug-likeness (QED) is 0.454. The number of anilines is 1. The van der Waals surface area contributed by atoms with Crippen molar-refractivity contribution < 1.29 is 23.1 Å². The van der Waals surface area contributed by atoms with Crippen LogP contribution in [0.5, 0.6) is 0 Å². The summed E-state index contributed by atoms with van der Waals surface area (Å²) < 4.78 is 28.2. The Kier molecular flexibility index (Phi) is 7.27. The van der Waals surface area contributed by atoms with Gasteiger partial charge in [-0.05, 0) is 48.7 Å². The lowest BCUT2D eigenvalue weighted by molar-refractivity contribution is -0.136. The van der Waals surface area contributed by atoms with Crippen LogP contribution >= 0.6 is 0 Å². The molecule has 0 spiro atoms. The van der Waals surface area contributed by atoms with Gasteiger partial charge in [0.25, 0.3) is 15.9 Å². The smallest absolute Gasteiger partial charge is 0.303 e. The molecular formula is C24H24N2O5S. The lowest BCUT2D eigenvalue weighted by Crippen LogP contribution is -2.28. The Morgan fingerprint density at radius 3 is 2.19 bits per heavy atom. The lowest BCUT2D eigenvalue weighted by Gasteiger charge is -2.17. The number of carbonyl (C=O) groups is 2. The Labute approximate surface area is 187 Å². The van der Waals surface area contributed by atoms with Crippen LogP contribution in [-0.2, 0) is 21.2 Å². The van der Waals surface area contributed by atoms with Crippen LogP contribution < -0.4 is 10.0 Å². The number of para-hydroxylation sites is 1. The van der Waals surface area contributed by atoms with E-state index in [4.69, 9.17) is 5.11 Å². The number of sulfonamides is 1. The van der Waals surface area contributed by atoms with Gasteiger partial charge in [0, 0.05) is 6.42 Å². The van der Waals surface area contributed by atoms with E-state index in [2.05, 4.69) is 10.0 Å². The molecule has 3 N–H and O–H groups in total. The summed E-state index contributed by atoms with van der Waals surface area (Å²) in [6, 6.07) is 21.6. The van der Waals surface area contributed by atoms with Gasteiger partial charge in [0.1, 0.15) is 0 Å². The maximum absolute atomic E-state index is 12.9. The molecule has 7 nitrogen and oxygen atoms in total. The molecule has 0 aromatic heterocycles. The first-order valence-electron chi connectivity index (χ1n) is 10.0. The van der Waals surface area contributed by atoms with Crippen LogP contribution in [0.25, 0.3) is 0 Å². The van der Waals surface area contributed by atoms with Gasteiger partial charge in [-0.1, -0.05) is 54.6 Å². The van der Waals surface area contributed by atoms with Crippen molar-refractivity contribution in [1.82, 2.24) is 5.32 Å². The molecule has 0 saturated heterocycles. The summed E-state index contributed by atoms with van der Waals surface area (Å²) in [6.07, 6.45) is 0.278. The normalized spacial score (nSPS) is 12.0. The molecule has 32 heavy (non-hydrogen) atoms. The Hall–Kier alpha value is -3.65. The third-order valence-electron chi connectivity index (χ3n) is 4.92. The third kappa shape index (κ3) is 5.95. The monoisotopic (exact) mass is 452 g/mol. The van der Waals surface area contributed by atoms with Gasteiger partial charge in [0.05, 0.1) is 22.2 Å². The summed E-state index contributed by atoms with van der Waals surface area (Å²) in [7, 11) is -3.94. The van der Waals surface area contributed by atoms with Crippen molar-refractivity contribution >= 4 is 27.6 Å². The molecule has 0 saturated carbocycles. The second-order valence-corrected chi connectivity index (χ2v) is 8.98. The van der Waals surface area contributed by atoms with Crippen molar-refractivity contribution in [2.75, 3.05) is 4.72 Å². The average Bonchev–Trinajstić information content (AvgIpc) is 2.78. The van der Waals surface area contributed by atoms with Crippen molar-refractivity contribution in [2.24, 2.45) is 0 Å². The van der Waals surface area contributed by atoms with E-state index in [9.17, 15) is 18.0 Å². The molecular weight excluding hydrogens is 428 g/mol. The number of benzene rings is 3. The molecule has 0 heterocycles. The van der Waals surface area contributed by atoms with Gasteiger partial charge in [0.15, 0.2) is 0 Å². The van der Waals surface area contributed by atoms with E-state index in [0.717, 1.165) is 11.1 Å². The molecule has 0 fully saturated rings. The predicted octanol–water partition coefficient (Wildman–Crippen LogP) is 4.00. The zero-order valence-corrected chi connectivity index (χ0v) is 18.3. The fourth-order valence-electron chi connectivity index (χ4n) is 3.16. The van der Waals surface area contributed by atoms with Gasteiger partial charge in [0.2, 0.25) is 0 Å². The van der Waals surface area contributed by atoms with Gasteiger partial charge in [-0.15, -0.1) is 0 Å². The first-order chi connectivity index (χ1) is 15.3. The highest BCUT2D eigenvalue weighted by Crippen LogP contribution is 2.22. The number of carbonyl (C=O) groups excluding carboxylic acids is 1. The maximum atomic E-state index is 12.9. The number of aryl methyl sites for hydroxylation is 1. The van der Waals surface area contributed by atoms with Gasteiger partial charge in [-0.25, -0.2) is 8.42 Å². The summed E-state index contributed by atoms with van der Waals surface area (Å²) in [5.74, 6) is -1.32. The molecule has 1 atom stereocenters. The Balaban J connectivity index is 1.76. The van der Waals surface area contributed by atoms with Gasteiger partial charge < -0.3 is 10.4 Å². The highest BCUT2D eigenvalue weighted by Gasteiger charge is 2.20. The zero-order chi connectivity index (χ0) is 23.1. The Bertz CT molecular complexity index is 1190. The summed E-state index contributed by atoms with van der Waals surface area (Å²) >= 11 is 0. The van der Waals surface area contributed by atoms with E-state index in [1.165, 1.54) is 18.2 Å². The number of hydrogen-bond acceptors (Lipinski definition) is 4. The highest BCUT2D eigenvalue weighted by atomic mass is 32.2. The maximum Gasteiger partial charge on any atom is 0.303 e. The van der Waals surface area contributed by atoms with E-state index < -0.39 is 21.9 Å². The van der Waals surface area contributed by atoms with Gasteiger partial charge in [-0.2, -0.15) is 0 Å². The predicted molar refractivity (Wildman–Crippen MR) is 122 cm³/mol. The number of rotatable bonds is 9. The molecule has 0 aliphatic heterocycles. The Morgan fingerprint density at radius 2 is 1.53 bits per heavy atom. The second-order valence-electron chi connectivity index (χ2n) is 7.29. The second kappa shape index (κ2) is 10.1. The Morgan fingerprint density at radius 1 is 0.906 bits per heavy atom. The van der Waals surface area contributed by atoms with E-state index in [-0.39, 0.29) is 28.6 Å². The summed E-state index contributed by atoms with van der Waals surface area (Å²) in [5, 5.41) is 11.7. The van der Waals surface area contributed by atoms with Crippen LogP contribution in [0.4, 0.5) is 5.69 Å². The van der Waals surface area contributed by atoms with E-state index in [1.807, 2.05) is 37.3 Å². The fourth-order valence-corrected chi connectivity index (χ4v) is 4.24. The number of carboxylic acids is 1. The molecule has 3 aromatic rings. The van der Waals surface area contributed by atoms with Gasteiger partial charge in [-0.3, -0.25) is 14.3 Å². The van der Waals surface area contributed by atoms with Crippen LogP contribution in [-0.4, -0.2) is 25.4 Å².